The van der Waals surface area contributed by atoms with Gasteiger partial charge in [0, 0.05) is 53.0 Å². The Morgan fingerprint density at radius 2 is 1.57 bits per heavy atom. The summed E-state index contributed by atoms with van der Waals surface area (Å²) in [5.74, 6) is -6.33. The van der Waals surface area contributed by atoms with Crippen LogP contribution >= 0.6 is 11.8 Å². The van der Waals surface area contributed by atoms with Crippen LogP contribution in [0.1, 0.15) is 59.8 Å². The summed E-state index contributed by atoms with van der Waals surface area (Å²) in [6.07, 6.45) is -0.278. The molecule has 5 unspecified atom stereocenters. The van der Waals surface area contributed by atoms with Gasteiger partial charge in [-0.15, -0.1) is 11.8 Å². The zero-order chi connectivity index (χ0) is 35.3. The van der Waals surface area contributed by atoms with Gasteiger partial charge < -0.3 is 33.7 Å². The number of thioether (sulfide) groups is 1. The van der Waals surface area contributed by atoms with Crippen LogP contribution in [-0.4, -0.2) is 123 Å². The topological polar surface area (TPSA) is 199 Å². The monoisotopic (exact) mass is 715 g/mol. The van der Waals surface area contributed by atoms with Gasteiger partial charge in [-0.25, -0.2) is 15.0 Å². The molecule has 1 fully saturated rings. The van der Waals surface area contributed by atoms with Crippen LogP contribution in [0.15, 0.2) is 0 Å². The van der Waals surface area contributed by atoms with Gasteiger partial charge in [-0.2, -0.15) is 0 Å². The number of methoxy groups -OCH3 is 2. The number of ether oxygens (including phenoxy) is 4. The molecule has 0 aromatic carbocycles. The number of carbonyl (C=O) groups excluding carboxylic acids is 5. The number of hydrogen-bond acceptors (Lipinski definition) is 13. The van der Waals surface area contributed by atoms with Crippen molar-refractivity contribution in [2.24, 2.45) is 11.8 Å². The van der Waals surface area contributed by atoms with Crippen molar-refractivity contribution < 1.29 is 85.4 Å². The van der Waals surface area contributed by atoms with Crippen LogP contribution in [0.2, 0.25) is 0 Å². The van der Waals surface area contributed by atoms with E-state index >= 15 is 0 Å². The van der Waals surface area contributed by atoms with E-state index in [9.17, 15) is 36.9 Å². The molecular formula is C29H46N3NaO12S2. The molecule has 0 radical (unpaired) electrons. The molecule has 3 amide bonds. The van der Waals surface area contributed by atoms with Crippen LogP contribution in [0.3, 0.4) is 0 Å². The van der Waals surface area contributed by atoms with E-state index in [1.165, 1.54) is 35.1 Å². The molecule has 1 aliphatic heterocycles. The molecule has 15 nitrogen and oxygen atoms in total. The first-order valence-electron chi connectivity index (χ1n) is 14.7. The Kier molecular flexibility index (Phi) is 19.9. The molecule has 18 heteroatoms. The van der Waals surface area contributed by atoms with Crippen molar-refractivity contribution in [2.45, 2.75) is 81.4 Å². The van der Waals surface area contributed by atoms with Gasteiger partial charge in [0.2, 0.25) is 23.3 Å². The van der Waals surface area contributed by atoms with Crippen molar-refractivity contribution in [1.29, 1.82) is 0 Å². The largest absolute Gasteiger partial charge is 1.00 e. The first-order valence-corrected chi connectivity index (χ1v) is 17.2. The van der Waals surface area contributed by atoms with Crippen LogP contribution < -0.4 is 34.9 Å². The minimum atomic E-state index is -4.75. The Labute approximate surface area is 303 Å². The van der Waals surface area contributed by atoms with Crippen LogP contribution in [-0.2, 0) is 53.0 Å². The SMILES string of the molecule is [C-]#[N+]C(C)(CC)CC(CC(CC(SC1CC(=O)N(C)C1=O)C(=O)NC(C)(C)CS(=O)(=O)[O-])C(=O)OCCOC)C(=O)OCCOC.[Na+]. The third-order valence-corrected chi connectivity index (χ3v) is 9.98. The number of hydrogen-bond donors (Lipinski definition) is 1. The third-order valence-electron chi connectivity index (χ3n) is 7.48. The predicted molar refractivity (Wildman–Crippen MR) is 166 cm³/mol. The summed E-state index contributed by atoms with van der Waals surface area (Å²) in [6.45, 7) is 13.8. The van der Waals surface area contributed by atoms with Gasteiger partial charge in [-0.1, -0.05) is 6.92 Å². The average molecular weight is 716 g/mol. The van der Waals surface area contributed by atoms with Crippen LogP contribution in [0.4, 0.5) is 0 Å². The molecule has 0 saturated carbocycles. The van der Waals surface area contributed by atoms with Crippen molar-refractivity contribution in [3.8, 4) is 0 Å². The zero-order valence-electron chi connectivity index (χ0n) is 28.5. The van der Waals surface area contributed by atoms with E-state index in [0.717, 1.165) is 16.7 Å². The van der Waals surface area contributed by atoms with Crippen molar-refractivity contribution in [3.05, 3.63) is 11.4 Å². The maximum atomic E-state index is 13.7. The van der Waals surface area contributed by atoms with E-state index in [4.69, 9.17) is 25.5 Å². The van der Waals surface area contributed by atoms with Crippen molar-refractivity contribution >= 4 is 51.5 Å². The van der Waals surface area contributed by atoms with E-state index in [1.54, 1.807) is 13.8 Å². The summed E-state index contributed by atoms with van der Waals surface area (Å²) in [5, 5.41) is 0.309. The Morgan fingerprint density at radius 1 is 1.04 bits per heavy atom. The van der Waals surface area contributed by atoms with Gasteiger partial charge in [-0.3, -0.25) is 28.9 Å². The smallest absolute Gasteiger partial charge is 0.748 e. The molecule has 262 valence electrons. The first-order chi connectivity index (χ1) is 21.3. The van der Waals surface area contributed by atoms with E-state index in [0.29, 0.717) is 6.42 Å². The van der Waals surface area contributed by atoms with Gasteiger partial charge in [0.1, 0.15) is 13.2 Å². The summed E-state index contributed by atoms with van der Waals surface area (Å²) >= 11 is 0.818. The molecule has 0 aliphatic carbocycles. The van der Waals surface area contributed by atoms with Gasteiger partial charge in [0.15, 0.2) is 0 Å². The number of carbonyl (C=O) groups is 5. The first kappa shape index (κ1) is 45.2. The molecule has 1 saturated heterocycles. The quantitative estimate of drug-likeness (QED) is 0.0348. The second-order valence-corrected chi connectivity index (χ2v) is 14.9. The fourth-order valence-corrected chi connectivity index (χ4v) is 7.17. The second kappa shape index (κ2) is 20.7. The number of imide groups is 1. The van der Waals surface area contributed by atoms with E-state index in [1.807, 2.05) is 0 Å². The summed E-state index contributed by atoms with van der Waals surface area (Å²) in [6, 6.07) is 0. The maximum absolute atomic E-state index is 13.7. The van der Waals surface area contributed by atoms with Gasteiger partial charge in [0.05, 0.1) is 51.4 Å². The molecule has 1 aliphatic rings. The molecule has 0 aromatic heterocycles. The fourth-order valence-electron chi connectivity index (χ4n) is 4.78. The van der Waals surface area contributed by atoms with Crippen LogP contribution in [0, 0.1) is 18.4 Å². The molecule has 47 heavy (non-hydrogen) atoms. The molecular weight excluding hydrogens is 669 g/mol. The summed E-state index contributed by atoms with van der Waals surface area (Å²) < 4.78 is 55.1. The number of amides is 3. The minimum absolute atomic E-state index is 0. The molecule has 0 bridgehead atoms. The van der Waals surface area contributed by atoms with Gasteiger partial charge >= 0.3 is 41.5 Å². The summed E-state index contributed by atoms with van der Waals surface area (Å²) in [4.78, 5) is 70.1. The zero-order valence-corrected chi connectivity index (χ0v) is 32.1. The summed E-state index contributed by atoms with van der Waals surface area (Å²) in [5.41, 5.74) is -2.50. The number of nitrogens with zero attached hydrogens (tertiary/aromatic N) is 2. The maximum Gasteiger partial charge on any atom is 1.00 e. The number of esters is 2. The van der Waals surface area contributed by atoms with E-state index in [2.05, 4.69) is 10.2 Å². The standard InChI is InChI=1S/C29H47N3O12S2.Na/c1-9-29(4,30-5)17-20(27(37)44-13-11-42-8)14-19(26(36)43-12-10-41-7)15-21(45-22-16-23(33)32(6)25(22)35)24(34)31-28(2,3)18-46(38,39)40;/h19-22H,9-18H2,1-4,6-8H3,(H,31,34)(H,38,39,40);/q;+1/p-1. The van der Waals surface area contributed by atoms with Crippen molar-refractivity contribution in [2.75, 3.05) is 53.4 Å². The average Bonchev–Trinajstić information content (AvgIpc) is 3.20. The van der Waals surface area contributed by atoms with E-state index in [-0.39, 0.29) is 81.7 Å². The summed E-state index contributed by atoms with van der Waals surface area (Å²) in [7, 11) is -0.607. The third kappa shape index (κ3) is 16.0. The molecule has 1 rings (SSSR count). The molecule has 0 spiro atoms. The second-order valence-electron chi connectivity index (χ2n) is 12.0. The minimum Gasteiger partial charge on any atom is -0.748 e. The molecule has 5 atom stereocenters. The number of likely N-dealkylation sites (tertiary alicyclic amines) is 1. The van der Waals surface area contributed by atoms with Crippen LogP contribution in [0.25, 0.3) is 4.85 Å². The van der Waals surface area contributed by atoms with Gasteiger partial charge in [-0.05, 0) is 26.7 Å². The predicted octanol–water partition coefficient (Wildman–Crippen LogP) is -1.84. The van der Waals surface area contributed by atoms with Crippen molar-refractivity contribution in [1.82, 2.24) is 10.2 Å². The number of rotatable bonds is 21. The van der Waals surface area contributed by atoms with Crippen LogP contribution in [0.5, 0.6) is 0 Å². The number of nitrogens with one attached hydrogen (secondary N) is 1. The molecule has 1 heterocycles. The van der Waals surface area contributed by atoms with E-state index < -0.39 is 78.9 Å². The van der Waals surface area contributed by atoms with Crippen molar-refractivity contribution in [3.63, 3.8) is 0 Å². The Bertz CT molecular complexity index is 1240. The van der Waals surface area contributed by atoms with Gasteiger partial charge in [0.25, 0.3) is 0 Å². The fraction of sp³-hybridized carbons (Fsp3) is 0.793. The Morgan fingerprint density at radius 3 is 2.00 bits per heavy atom. The Balaban J connectivity index is 0.0000212. The molecule has 0 aromatic rings. The normalized spacial score (nSPS) is 18.3. The molecule has 1 N–H and O–H groups in total. The Hall–Kier alpha value is -1.78.